The van der Waals surface area contributed by atoms with Crippen molar-refractivity contribution in [2.75, 3.05) is 7.05 Å². The Kier molecular flexibility index (Phi) is 4.21. The second-order valence-electron chi connectivity index (χ2n) is 7.66. The van der Waals surface area contributed by atoms with E-state index in [9.17, 15) is 35.9 Å². The Morgan fingerprint density at radius 1 is 0.697 bits per heavy atom. The number of imide groups is 1. The lowest BCUT2D eigenvalue weighted by Crippen LogP contribution is -2.24. The molecule has 33 heavy (non-hydrogen) atoms. The maximum atomic E-state index is 13.4. The van der Waals surface area contributed by atoms with Gasteiger partial charge >= 0.3 is 12.4 Å². The number of aromatic nitrogens is 1. The van der Waals surface area contributed by atoms with Gasteiger partial charge in [-0.25, -0.2) is 0 Å². The van der Waals surface area contributed by atoms with Crippen LogP contribution in [0.3, 0.4) is 0 Å². The summed E-state index contributed by atoms with van der Waals surface area (Å²) >= 11 is 0. The molecule has 0 bridgehead atoms. The Bertz CT molecular complexity index is 1430. The minimum Gasteiger partial charge on any atom is -0.308 e. The van der Waals surface area contributed by atoms with Crippen LogP contribution < -0.4 is 0 Å². The molecule has 0 fully saturated rings. The second kappa shape index (κ2) is 6.60. The largest absolute Gasteiger partial charge is 0.416 e. The van der Waals surface area contributed by atoms with Crippen LogP contribution in [-0.2, 0) is 12.4 Å². The lowest BCUT2D eigenvalue weighted by atomic mass is 10.1. The predicted molar refractivity (Wildman–Crippen MR) is 107 cm³/mol. The summed E-state index contributed by atoms with van der Waals surface area (Å²) in [5, 5.41) is -0.123. The summed E-state index contributed by atoms with van der Waals surface area (Å²) in [5.41, 5.74) is -1.38. The van der Waals surface area contributed by atoms with Crippen LogP contribution in [0, 0.1) is 0 Å². The van der Waals surface area contributed by atoms with Crippen LogP contribution in [0.5, 0.6) is 0 Å². The van der Waals surface area contributed by atoms with E-state index < -0.39 is 35.3 Å². The van der Waals surface area contributed by atoms with Crippen LogP contribution in [0.4, 0.5) is 26.3 Å². The minimum atomic E-state index is -4.71. The van der Waals surface area contributed by atoms with Gasteiger partial charge in [-0.15, -0.1) is 0 Å². The molecular weight excluding hydrogens is 450 g/mol. The molecule has 2 heterocycles. The first-order chi connectivity index (χ1) is 15.4. The molecule has 1 aliphatic heterocycles. The van der Waals surface area contributed by atoms with E-state index in [1.807, 2.05) is 0 Å². The van der Waals surface area contributed by atoms with Gasteiger partial charge in [0.1, 0.15) is 0 Å². The molecule has 1 aromatic heterocycles. The maximum absolute atomic E-state index is 13.4. The number of halogens is 6. The number of alkyl halides is 6. The third-order valence-electron chi connectivity index (χ3n) is 5.76. The van der Waals surface area contributed by atoms with E-state index in [2.05, 4.69) is 0 Å². The Labute approximate surface area is 181 Å². The molecule has 0 saturated heterocycles. The van der Waals surface area contributed by atoms with Crippen molar-refractivity contribution in [1.29, 1.82) is 0 Å². The predicted octanol–water partition coefficient (Wildman–Crippen LogP) is 6.05. The van der Waals surface area contributed by atoms with Crippen LogP contribution in [0.25, 0.3) is 27.5 Å². The molecule has 5 rings (SSSR count). The van der Waals surface area contributed by atoms with Crippen molar-refractivity contribution in [1.82, 2.24) is 9.47 Å². The number of rotatable bonds is 1. The monoisotopic (exact) mass is 462 g/mol. The standard InChI is InChI=1S/C23H12F6N2O2/c1-30-20(32)13-3-2-4-18(19(13)21(30)33)31-16-7-5-11(22(24,25)26)9-14(16)15-10-12(23(27,28)29)6-8-17(15)31/h2-10H,1H3. The van der Waals surface area contributed by atoms with E-state index in [1.54, 1.807) is 0 Å². The third-order valence-corrected chi connectivity index (χ3v) is 5.76. The number of carbonyl (C=O) groups excluding carboxylic acids is 2. The molecule has 1 aliphatic rings. The van der Waals surface area contributed by atoms with Crippen LogP contribution in [0.2, 0.25) is 0 Å². The fourth-order valence-corrected chi connectivity index (χ4v) is 4.21. The van der Waals surface area contributed by atoms with E-state index >= 15 is 0 Å². The van der Waals surface area contributed by atoms with Crippen molar-refractivity contribution >= 4 is 33.6 Å². The zero-order valence-corrected chi connectivity index (χ0v) is 16.7. The lowest BCUT2D eigenvalue weighted by molar-refractivity contribution is -0.138. The molecule has 0 spiro atoms. The van der Waals surface area contributed by atoms with Crippen molar-refractivity contribution in [2.45, 2.75) is 12.4 Å². The Balaban J connectivity index is 1.92. The van der Waals surface area contributed by atoms with Gasteiger partial charge in [-0.2, -0.15) is 26.3 Å². The fourth-order valence-electron chi connectivity index (χ4n) is 4.21. The number of fused-ring (bicyclic) bond motifs is 4. The van der Waals surface area contributed by atoms with Crippen molar-refractivity contribution < 1.29 is 35.9 Å². The molecule has 168 valence electrons. The fraction of sp³-hybridized carbons (Fsp3) is 0.130. The van der Waals surface area contributed by atoms with E-state index in [0.29, 0.717) is 0 Å². The summed E-state index contributed by atoms with van der Waals surface area (Å²) in [5.74, 6) is -1.16. The first-order valence-corrected chi connectivity index (χ1v) is 9.58. The van der Waals surface area contributed by atoms with Crippen molar-refractivity contribution in [2.24, 2.45) is 0 Å². The molecule has 10 heteroatoms. The molecule has 3 aromatic carbocycles. The van der Waals surface area contributed by atoms with Crippen LogP contribution in [0.15, 0.2) is 54.6 Å². The van der Waals surface area contributed by atoms with E-state index in [4.69, 9.17) is 0 Å². The molecule has 0 saturated carbocycles. The molecule has 4 aromatic rings. The molecule has 0 radical (unpaired) electrons. The SMILES string of the molecule is CN1C(=O)c2cccc(-n3c4ccc(C(F)(F)F)cc4c4cc(C(F)(F)F)ccc43)c2C1=O. The Morgan fingerprint density at radius 3 is 1.70 bits per heavy atom. The molecule has 0 N–H and O–H groups in total. The molecule has 4 nitrogen and oxygen atoms in total. The highest BCUT2D eigenvalue weighted by Gasteiger charge is 2.37. The van der Waals surface area contributed by atoms with Crippen molar-refractivity contribution in [3.8, 4) is 5.69 Å². The summed E-state index contributed by atoms with van der Waals surface area (Å²) < 4.78 is 81.6. The topological polar surface area (TPSA) is 42.3 Å². The van der Waals surface area contributed by atoms with Gasteiger partial charge in [0.25, 0.3) is 11.8 Å². The van der Waals surface area contributed by atoms with Crippen LogP contribution >= 0.6 is 0 Å². The van der Waals surface area contributed by atoms with Gasteiger partial charge in [-0.1, -0.05) is 6.07 Å². The zero-order chi connectivity index (χ0) is 23.9. The molecule has 0 atom stereocenters. The Hall–Kier alpha value is -3.82. The van der Waals surface area contributed by atoms with Gasteiger partial charge < -0.3 is 4.57 Å². The average molecular weight is 462 g/mol. The van der Waals surface area contributed by atoms with Gasteiger partial charge in [0.15, 0.2) is 0 Å². The van der Waals surface area contributed by atoms with Gasteiger partial charge in [0.2, 0.25) is 0 Å². The zero-order valence-electron chi connectivity index (χ0n) is 16.7. The smallest absolute Gasteiger partial charge is 0.308 e. The number of amides is 2. The molecule has 2 amide bonds. The lowest BCUT2D eigenvalue weighted by Gasteiger charge is -2.12. The number of nitrogens with zero attached hydrogens (tertiary/aromatic N) is 2. The highest BCUT2D eigenvalue weighted by molar-refractivity contribution is 6.23. The summed E-state index contributed by atoms with van der Waals surface area (Å²) in [4.78, 5) is 26.1. The van der Waals surface area contributed by atoms with Gasteiger partial charge in [-0.3, -0.25) is 14.5 Å². The highest BCUT2D eigenvalue weighted by Crippen LogP contribution is 2.41. The summed E-state index contributed by atoms with van der Waals surface area (Å²) in [6.45, 7) is 0. The highest BCUT2D eigenvalue weighted by atomic mass is 19.4. The summed E-state index contributed by atoms with van der Waals surface area (Å²) in [7, 11) is 1.30. The quantitative estimate of drug-likeness (QED) is 0.255. The van der Waals surface area contributed by atoms with Crippen molar-refractivity contribution in [3.63, 3.8) is 0 Å². The van der Waals surface area contributed by atoms with E-state index in [-0.39, 0.29) is 38.6 Å². The molecule has 0 aliphatic carbocycles. The normalized spacial score (nSPS) is 14.6. The second-order valence-corrected chi connectivity index (χ2v) is 7.66. The summed E-state index contributed by atoms with van der Waals surface area (Å²) in [6.07, 6.45) is -9.41. The minimum absolute atomic E-state index is 0.0311. The van der Waals surface area contributed by atoms with Gasteiger partial charge in [0.05, 0.1) is 39.0 Å². The maximum Gasteiger partial charge on any atom is 0.416 e. The first kappa shape index (κ1) is 21.0. The van der Waals surface area contributed by atoms with E-state index in [1.165, 1.54) is 29.8 Å². The number of carbonyl (C=O) groups is 2. The average Bonchev–Trinajstić information content (AvgIpc) is 3.19. The number of hydrogen-bond donors (Lipinski definition) is 0. The molecular formula is C23H12F6N2O2. The third kappa shape index (κ3) is 3.00. The number of benzene rings is 3. The van der Waals surface area contributed by atoms with Crippen molar-refractivity contribution in [3.05, 3.63) is 76.9 Å². The van der Waals surface area contributed by atoms with Crippen LogP contribution in [-0.4, -0.2) is 28.3 Å². The summed E-state index contributed by atoms with van der Waals surface area (Å²) in [6, 6.07) is 9.97. The molecule has 0 unspecified atom stereocenters. The van der Waals surface area contributed by atoms with Gasteiger partial charge in [-0.05, 0) is 48.5 Å². The first-order valence-electron chi connectivity index (χ1n) is 9.58. The van der Waals surface area contributed by atoms with E-state index in [0.717, 1.165) is 41.3 Å². The van der Waals surface area contributed by atoms with Crippen LogP contribution in [0.1, 0.15) is 31.8 Å². The number of hydrogen-bond acceptors (Lipinski definition) is 2. The Morgan fingerprint density at radius 2 is 1.21 bits per heavy atom. The van der Waals surface area contributed by atoms with Gasteiger partial charge in [0, 0.05) is 17.8 Å².